The van der Waals surface area contributed by atoms with Crippen molar-refractivity contribution in [2.24, 2.45) is 0 Å². The van der Waals surface area contributed by atoms with Crippen LogP contribution in [0.4, 0.5) is 5.82 Å². The van der Waals surface area contributed by atoms with Crippen LogP contribution in [0.3, 0.4) is 0 Å². The van der Waals surface area contributed by atoms with Crippen LogP contribution >= 0.6 is 0 Å². The predicted octanol–water partition coefficient (Wildman–Crippen LogP) is 0.874. The molecule has 0 amide bonds. The summed E-state index contributed by atoms with van der Waals surface area (Å²) in [5.41, 5.74) is 6.34. The standard InChI is InChI=1S/C12H16N2O4/c1-17-11(15)6-9(7-12(16)18-2)8-3-4-14-10(13)5-8/h3-5,9H,6-7H2,1-2H3,(H2,13,14). The molecule has 0 saturated heterocycles. The third-order valence-electron chi connectivity index (χ3n) is 2.56. The molecule has 18 heavy (non-hydrogen) atoms. The van der Waals surface area contributed by atoms with Crippen LogP contribution in [0.1, 0.15) is 24.3 Å². The predicted molar refractivity (Wildman–Crippen MR) is 64.7 cm³/mol. The Kier molecular flexibility index (Phi) is 5.10. The van der Waals surface area contributed by atoms with Gasteiger partial charge in [-0.25, -0.2) is 4.98 Å². The first-order chi connectivity index (χ1) is 8.56. The van der Waals surface area contributed by atoms with Gasteiger partial charge in [-0.3, -0.25) is 9.59 Å². The fourth-order valence-electron chi connectivity index (χ4n) is 1.60. The summed E-state index contributed by atoms with van der Waals surface area (Å²) in [6, 6.07) is 3.35. The molecule has 0 aliphatic rings. The van der Waals surface area contributed by atoms with E-state index in [4.69, 9.17) is 5.73 Å². The fourth-order valence-corrected chi connectivity index (χ4v) is 1.60. The number of carbonyl (C=O) groups is 2. The third kappa shape index (κ3) is 4.04. The summed E-state index contributed by atoms with van der Waals surface area (Å²) in [7, 11) is 2.61. The zero-order valence-electron chi connectivity index (χ0n) is 10.4. The number of ether oxygens (including phenoxy) is 2. The third-order valence-corrected chi connectivity index (χ3v) is 2.56. The van der Waals surface area contributed by atoms with Crippen LogP contribution < -0.4 is 5.73 Å². The van der Waals surface area contributed by atoms with Crippen molar-refractivity contribution in [2.45, 2.75) is 18.8 Å². The Labute approximate surface area is 105 Å². The van der Waals surface area contributed by atoms with Crippen molar-refractivity contribution >= 4 is 17.8 Å². The Morgan fingerprint density at radius 1 is 1.28 bits per heavy atom. The molecule has 1 aromatic rings. The number of esters is 2. The van der Waals surface area contributed by atoms with Crippen molar-refractivity contribution in [1.82, 2.24) is 4.98 Å². The maximum atomic E-state index is 11.3. The summed E-state index contributed by atoms with van der Waals surface area (Å²) < 4.78 is 9.22. The smallest absolute Gasteiger partial charge is 0.306 e. The van der Waals surface area contributed by atoms with Gasteiger partial charge in [0, 0.05) is 12.1 Å². The molecule has 0 atom stereocenters. The first kappa shape index (κ1) is 14.0. The van der Waals surface area contributed by atoms with Gasteiger partial charge in [-0.05, 0) is 17.7 Å². The zero-order valence-corrected chi connectivity index (χ0v) is 10.4. The summed E-state index contributed by atoms with van der Waals surface area (Å²) in [6.07, 6.45) is 1.72. The molecular weight excluding hydrogens is 236 g/mol. The van der Waals surface area contributed by atoms with Gasteiger partial charge in [0.25, 0.3) is 0 Å². The van der Waals surface area contributed by atoms with E-state index in [1.54, 1.807) is 12.1 Å². The van der Waals surface area contributed by atoms with Crippen LogP contribution in [0.25, 0.3) is 0 Å². The second-order valence-corrected chi connectivity index (χ2v) is 3.77. The highest BCUT2D eigenvalue weighted by Crippen LogP contribution is 2.25. The maximum Gasteiger partial charge on any atom is 0.306 e. The van der Waals surface area contributed by atoms with Crippen molar-refractivity contribution in [3.63, 3.8) is 0 Å². The molecule has 1 rings (SSSR count). The number of carbonyl (C=O) groups excluding carboxylic acids is 2. The summed E-state index contributed by atoms with van der Waals surface area (Å²) in [5.74, 6) is -0.763. The number of methoxy groups -OCH3 is 2. The number of hydrogen-bond donors (Lipinski definition) is 1. The quantitative estimate of drug-likeness (QED) is 0.782. The Hall–Kier alpha value is -2.11. The lowest BCUT2D eigenvalue weighted by atomic mass is 9.93. The number of anilines is 1. The largest absolute Gasteiger partial charge is 0.469 e. The van der Waals surface area contributed by atoms with E-state index in [1.807, 2.05) is 0 Å². The van der Waals surface area contributed by atoms with Crippen molar-refractivity contribution in [3.8, 4) is 0 Å². The zero-order chi connectivity index (χ0) is 13.5. The lowest BCUT2D eigenvalue weighted by Crippen LogP contribution is -2.14. The van der Waals surface area contributed by atoms with Crippen LogP contribution in [-0.4, -0.2) is 31.1 Å². The van der Waals surface area contributed by atoms with Gasteiger partial charge in [-0.2, -0.15) is 0 Å². The van der Waals surface area contributed by atoms with Gasteiger partial charge >= 0.3 is 11.9 Å². The second kappa shape index (κ2) is 6.58. The molecule has 0 bridgehead atoms. The van der Waals surface area contributed by atoms with E-state index in [2.05, 4.69) is 14.5 Å². The van der Waals surface area contributed by atoms with Crippen molar-refractivity contribution in [3.05, 3.63) is 23.9 Å². The Morgan fingerprint density at radius 3 is 2.28 bits per heavy atom. The first-order valence-corrected chi connectivity index (χ1v) is 5.42. The van der Waals surface area contributed by atoms with Crippen LogP contribution in [0.2, 0.25) is 0 Å². The lowest BCUT2D eigenvalue weighted by Gasteiger charge is -2.15. The van der Waals surface area contributed by atoms with Gasteiger partial charge < -0.3 is 15.2 Å². The minimum Gasteiger partial charge on any atom is -0.469 e. The number of nitrogen functional groups attached to an aromatic ring is 1. The van der Waals surface area contributed by atoms with E-state index in [9.17, 15) is 9.59 Å². The molecule has 0 unspecified atom stereocenters. The minimum atomic E-state index is -0.390. The average molecular weight is 252 g/mol. The molecule has 0 radical (unpaired) electrons. The highest BCUT2D eigenvalue weighted by Gasteiger charge is 2.20. The molecule has 6 heteroatoms. The van der Waals surface area contributed by atoms with Crippen LogP contribution in [-0.2, 0) is 19.1 Å². The first-order valence-electron chi connectivity index (χ1n) is 5.42. The number of aromatic nitrogens is 1. The molecule has 1 aromatic heterocycles. The summed E-state index contributed by atoms with van der Waals surface area (Å²) >= 11 is 0. The molecule has 0 aromatic carbocycles. The van der Waals surface area contributed by atoms with E-state index >= 15 is 0 Å². The molecule has 0 aliphatic heterocycles. The van der Waals surface area contributed by atoms with E-state index in [-0.39, 0.29) is 30.7 Å². The Balaban J connectivity index is 2.88. The second-order valence-electron chi connectivity index (χ2n) is 3.77. The molecule has 0 spiro atoms. The monoisotopic (exact) mass is 252 g/mol. The summed E-state index contributed by atoms with van der Waals surface area (Å²) in [6.45, 7) is 0. The number of nitrogens with two attached hydrogens (primary N) is 1. The van der Waals surface area contributed by atoms with E-state index in [1.165, 1.54) is 20.4 Å². The summed E-state index contributed by atoms with van der Waals surface area (Å²) in [4.78, 5) is 26.5. The Morgan fingerprint density at radius 2 is 1.83 bits per heavy atom. The number of pyridine rings is 1. The lowest BCUT2D eigenvalue weighted by molar-refractivity contribution is -0.143. The van der Waals surface area contributed by atoms with Gasteiger partial charge in [0.05, 0.1) is 27.1 Å². The molecule has 2 N–H and O–H groups in total. The Bertz CT molecular complexity index is 416. The molecule has 6 nitrogen and oxygen atoms in total. The highest BCUT2D eigenvalue weighted by atomic mass is 16.5. The summed E-state index contributed by atoms with van der Waals surface area (Å²) in [5, 5.41) is 0. The van der Waals surface area contributed by atoms with E-state index in [0.29, 0.717) is 5.82 Å². The van der Waals surface area contributed by atoms with Gasteiger partial charge in [-0.1, -0.05) is 0 Å². The van der Waals surface area contributed by atoms with E-state index < -0.39 is 0 Å². The van der Waals surface area contributed by atoms with Gasteiger partial charge in [-0.15, -0.1) is 0 Å². The normalized spacial score (nSPS) is 10.2. The van der Waals surface area contributed by atoms with Crippen molar-refractivity contribution in [2.75, 3.05) is 20.0 Å². The van der Waals surface area contributed by atoms with Gasteiger partial charge in [0.2, 0.25) is 0 Å². The molecule has 0 saturated carbocycles. The van der Waals surface area contributed by atoms with Crippen molar-refractivity contribution < 1.29 is 19.1 Å². The van der Waals surface area contributed by atoms with Crippen molar-refractivity contribution in [1.29, 1.82) is 0 Å². The number of rotatable bonds is 5. The van der Waals surface area contributed by atoms with Crippen LogP contribution in [0.15, 0.2) is 18.3 Å². The van der Waals surface area contributed by atoms with Gasteiger partial charge in [0.15, 0.2) is 0 Å². The molecule has 0 aliphatic carbocycles. The highest BCUT2D eigenvalue weighted by molar-refractivity contribution is 5.74. The maximum absolute atomic E-state index is 11.3. The average Bonchev–Trinajstić information content (AvgIpc) is 2.37. The van der Waals surface area contributed by atoms with Crippen LogP contribution in [0.5, 0.6) is 0 Å². The van der Waals surface area contributed by atoms with Gasteiger partial charge in [0.1, 0.15) is 5.82 Å². The molecule has 0 fully saturated rings. The number of nitrogens with zero attached hydrogens (tertiary/aromatic N) is 1. The minimum absolute atomic E-state index is 0.0923. The SMILES string of the molecule is COC(=O)CC(CC(=O)OC)c1ccnc(N)c1. The fraction of sp³-hybridized carbons (Fsp3) is 0.417. The molecular formula is C12H16N2O4. The van der Waals surface area contributed by atoms with Crippen LogP contribution in [0, 0.1) is 0 Å². The van der Waals surface area contributed by atoms with E-state index in [0.717, 1.165) is 5.56 Å². The molecule has 1 heterocycles. The molecule has 98 valence electrons. The number of hydrogen-bond acceptors (Lipinski definition) is 6. The topological polar surface area (TPSA) is 91.5 Å².